The largest absolute Gasteiger partial charge is 0.377 e. The summed E-state index contributed by atoms with van der Waals surface area (Å²) in [7, 11) is 3.35. The predicted octanol–water partition coefficient (Wildman–Crippen LogP) is -0.0237. The number of likely N-dealkylation sites (N-methyl/N-ethyl adjacent to an activating group) is 1. The number of ether oxygens (including phenoxy) is 1. The molecule has 0 aromatic carbocycles. The van der Waals surface area contributed by atoms with Crippen LogP contribution in [-0.2, 0) is 16.1 Å². The van der Waals surface area contributed by atoms with Crippen molar-refractivity contribution in [2.75, 3.05) is 37.5 Å². The number of anilines is 2. The average molecular weight is 253 g/mol. The molecule has 0 radical (unpaired) electrons. The number of nitrogens with zero attached hydrogens (tertiary/aromatic N) is 3. The van der Waals surface area contributed by atoms with Gasteiger partial charge in [0, 0.05) is 26.8 Å². The van der Waals surface area contributed by atoms with Crippen LogP contribution >= 0.6 is 0 Å². The van der Waals surface area contributed by atoms with Crippen molar-refractivity contribution < 1.29 is 9.53 Å². The zero-order valence-electron chi connectivity index (χ0n) is 10.9. The number of primary amides is 1. The molecule has 18 heavy (non-hydrogen) atoms. The predicted molar refractivity (Wildman–Crippen MR) is 69.4 cm³/mol. The van der Waals surface area contributed by atoms with Gasteiger partial charge in [-0.05, 0) is 6.92 Å². The number of carbonyl (C=O) groups excluding carboxylic acids is 1. The molecule has 0 aliphatic carbocycles. The van der Waals surface area contributed by atoms with Crippen LogP contribution in [0.5, 0.6) is 0 Å². The molecular weight excluding hydrogens is 234 g/mol. The van der Waals surface area contributed by atoms with Crippen molar-refractivity contribution in [2.24, 2.45) is 5.73 Å². The zero-order valence-corrected chi connectivity index (χ0v) is 10.9. The summed E-state index contributed by atoms with van der Waals surface area (Å²) in [5.41, 5.74) is 5.21. The van der Waals surface area contributed by atoms with E-state index in [2.05, 4.69) is 15.3 Å². The summed E-state index contributed by atoms with van der Waals surface area (Å²) in [5, 5.41) is 2.95. The molecule has 1 amide bonds. The van der Waals surface area contributed by atoms with Gasteiger partial charge in [0.1, 0.15) is 18.2 Å². The average Bonchev–Trinajstić information content (AvgIpc) is 2.35. The van der Waals surface area contributed by atoms with E-state index in [1.807, 2.05) is 6.92 Å². The Bertz CT molecular complexity index is 410. The highest BCUT2D eigenvalue weighted by Gasteiger charge is 2.12. The third-order valence-electron chi connectivity index (χ3n) is 2.34. The van der Waals surface area contributed by atoms with E-state index in [9.17, 15) is 4.79 Å². The third kappa shape index (κ3) is 3.85. The minimum atomic E-state index is -0.394. The van der Waals surface area contributed by atoms with E-state index in [0.29, 0.717) is 30.6 Å². The Morgan fingerprint density at radius 2 is 2.28 bits per heavy atom. The van der Waals surface area contributed by atoms with Crippen molar-refractivity contribution in [2.45, 2.75) is 13.5 Å². The molecule has 0 unspecified atom stereocenters. The van der Waals surface area contributed by atoms with Gasteiger partial charge in [-0.15, -0.1) is 0 Å². The van der Waals surface area contributed by atoms with Gasteiger partial charge in [0.2, 0.25) is 5.91 Å². The molecule has 0 saturated heterocycles. The maximum Gasteiger partial charge on any atom is 0.236 e. The maximum atomic E-state index is 11.0. The number of aromatic nitrogens is 2. The van der Waals surface area contributed by atoms with Gasteiger partial charge in [-0.2, -0.15) is 0 Å². The lowest BCUT2D eigenvalue weighted by molar-refractivity contribution is -0.116. The van der Waals surface area contributed by atoms with E-state index in [4.69, 9.17) is 10.5 Å². The van der Waals surface area contributed by atoms with Crippen LogP contribution in [0.1, 0.15) is 12.7 Å². The van der Waals surface area contributed by atoms with Crippen LogP contribution in [0.4, 0.5) is 11.6 Å². The highest BCUT2D eigenvalue weighted by Crippen LogP contribution is 2.15. The van der Waals surface area contributed by atoms with E-state index in [1.165, 1.54) is 0 Å². The Labute approximate surface area is 106 Å². The number of nitrogens with one attached hydrogen (secondary N) is 1. The van der Waals surface area contributed by atoms with Gasteiger partial charge in [-0.1, -0.05) is 0 Å². The Morgan fingerprint density at radius 3 is 2.78 bits per heavy atom. The molecule has 1 heterocycles. The topological polar surface area (TPSA) is 93.4 Å². The highest BCUT2D eigenvalue weighted by atomic mass is 16.5. The molecule has 7 heteroatoms. The van der Waals surface area contributed by atoms with E-state index < -0.39 is 5.91 Å². The van der Waals surface area contributed by atoms with Gasteiger partial charge in [0.05, 0.1) is 6.54 Å². The van der Waals surface area contributed by atoms with Gasteiger partial charge in [0.25, 0.3) is 0 Å². The SMILES string of the molecule is CCN(CC(N)=O)c1cc(NC)nc(COC)n1. The Balaban J connectivity index is 3.04. The summed E-state index contributed by atoms with van der Waals surface area (Å²) in [6.07, 6.45) is 0. The highest BCUT2D eigenvalue weighted by molar-refractivity contribution is 5.79. The first-order valence-corrected chi connectivity index (χ1v) is 5.68. The van der Waals surface area contributed by atoms with Crippen molar-refractivity contribution in [1.82, 2.24) is 9.97 Å². The lowest BCUT2D eigenvalue weighted by Crippen LogP contribution is -2.34. The maximum absolute atomic E-state index is 11.0. The Morgan fingerprint density at radius 1 is 1.56 bits per heavy atom. The first-order valence-electron chi connectivity index (χ1n) is 5.68. The number of amides is 1. The third-order valence-corrected chi connectivity index (χ3v) is 2.34. The van der Waals surface area contributed by atoms with Crippen LogP contribution in [-0.4, -0.2) is 43.1 Å². The first kappa shape index (κ1) is 14.2. The van der Waals surface area contributed by atoms with Crippen LogP contribution in [0.2, 0.25) is 0 Å². The van der Waals surface area contributed by atoms with E-state index in [0.717, 1.165) is 0 Å². The monoisotopic (exact) mass is 253 g/mol. The molecule has 100 valence electrons. The number of hydrogen-bond donors (Lipinski definition) is 2. The normalized spacial score (nSPS) is 10.2. The smallest absolute Gasteiger partial charge is 0.236 e. The van der Waals surface area contributed by atoms with Crippen LogP contribution < -0.4 is 16.0 Å². The minimum Gasteiger partial charge on any atom is -0.377 e. The van der Waals surface area contributed by atoms with Crippen LogP contribution in [0.15, 0.2) is 6.07 Å². The van der Waals surface area contributed by atoms with Gasteiger partial charge < -0.3 is 20.7 Å². The number of hydrogen-bond acceptors (Lipinski definition) is 6. The zero-order chi connectivity index (χ0) is 13.5. The molecule has 0 bridgehead atoms. The summed E-state index contributed by atoms with van der Waals surface area (Å²) < 4.78 is 5.01. The van der Waals surface area contributed by atoms with Gasteiger partial charge in [-0.3, -0.25) is 4.79 Å². The van der Waals surface area contributed by atoms with Crippen molar-refractivity contribution in [3.05, 3.63) is 11.9 Å². The summed E-state index contributed by atoms with van der Waals surface area (Å²) in [6.45, 7) is 3.01. The quantitative estimate of drug-likeness (QED) is 0.709. The molecule has 1 aromatic heterocycles. The lowest BCUT2D eigenvalue weighted by atomic mass is 10.4. The second-order valence-corrected chi connectivity index (χ2v) is 3.69. The molecule has 0 spiro atoms. The van der Waals surface area contributed by atoms with E-state index in [1.54, 1.807) is 25.1 Å². The molecule has 0 aliphatic rings. The molecule has 0 atom stereocenters. The molecule has 1 rings (SSSR count). The number of methoxy groups -OCH3 is 1. The van der Waals surface area contributed by atoms with Crippen LogP contribution in [0, 0.1) is 0 Å². The van der Waals surface area contributed by atoms with Crippen molar-refractivity contribution in [3.8, 4) is 0 Å². The van der Waals surface area contributed by atoms with Crippen LogP contribution in [0.3, 0.4) is 0 Å². The number of carbonyl (C=O) groups is 1. The molecule has 1 aromatic rings. The minimum absolute atomic E-state index is 0.128. The van der Waals surface area contributed by atoms with Crippen molar-refractivity contribution in [1.29, 1.82) is 0 Å². The number of rotatable bonds is 7. The molecule has 0 aliphatic heterocycles. The number of nitrogens with two attached hydrogens (primary N) is 1. The molecule has 0 fully saturated rings. The lowest BCUT2D eigenvalue weighted by Gasteiger charge is -2.21. The standard InChI is InChI=1S/C11H19N5O2/c1-4-16(6-8(12)17)11-5-9(13-2)14-10(15-11)7-18-3/h5H,4,6-7H2,1-3H3,(H2,12,17)(H,13,14,15). The van der Waals surface area contributed by atoms with Gasteiger partial charge >= 0.3 is 0 Å². The summed E-state index contributed by atoms with van der Waals surface area (Å²) in [4.78, 5) is 21.4. The Hall–Kier alpha value is -1.89. The summed E-state index contributed by atoms with van der Waals surface area (Å²) in [5.74, 6) is 1.50. The second-order valence-electron chi connectivity index (χ2n) is 3.69. The van der Waals surface area contributed by atoms with Crippen molar-refractivity contribution >= 4 is 17.5 Å². The second kappa shape index (κ2) is 6.75. The van der Waals surface area contributed by atoms with Crippen LogP contribution in [0.25, 0.3) is 0 Å². The molecule has 0 saturated carbocycles. The molecule has 7 nitrogen and oxygen atoms in total. The van der Waals surface area contributed by atoms with E-state index >= 15 is 0 Å². The molecular formula is C11H19N5O2. The fraction of sp³-hybridized carbons (Fsp3) is 0.545. The molecule has 3 N–H and O–H groups in total. The van der Waals surface area contributed by atoms with E-state index in [-0.39, 0.29) is 6.54 Å². The summed E-state index contributed by atoms with van der Waals surface area (Å²) >= 11 is 0. The fourth-order valence-corrected chi connectivity index (χ4v) is 1.51. The Kier molecular flexibility index (Phi) is 5.31. The van der Waals surface area contributed by atoms with Gasteiger partial charge in [-0.25, -0.2) is 9.97 Å². The van der Waals surface area contributed by atoms with Gasteiger partial charge in [0.15, 0.2) is 5.82 Å². The fourth-order valence-electron chi connectivity index (χ4n) is 1.51. The summed E-state index contributed by atoms with van der Waals surface area (Å²) in [6, 6.07) is 1.77. The first-order chi connectivity index (χ1) is 8.60. The van der Waals surface area contributed by atoms with Crippen molar-refractivity contribution in [3.63, 3.8) is 0 Å².